The molecule has 0 atom stereocenters. The second-order valence-electron chi connectivity index (χ2n) is 7.76. The summed E-state index contributed by atoms with van der Waals surface area (Å²) in [6, 6.07) is 13.0. The van der Waals surface area contributed by atoms with Gasteiger partial charge in [-0.1, -0.05) is 12.1 Å². The predicted molar refractivity (Wildman–Crippen MR) is 124 cm³/mol. The van der Waals surface area contributed by atoms with Crippen molar-refractivity contribution in [3.05, 3.63) is 66.0 Å². The van der Waals surface area contributed by atoms with Crippen LogP contribution in [0.15, 0.2) is 54.9 Å². The molecule has 0 bridgehead atoms. The van der Waals surface area contributed by atoms with Gasteiger partial charge in [0.05, 0.1) is 14.2 Å². The third-order valence-electron chi connectivity index (χ3n) is 5.67. The number of piperidine rings is 1. The van der Waals surface area contributed by atoms with Crippen molar-refractivity contribution in [3.63, 3.8) is 0 Å². The summed E-state index contributed by atoms with van der Waals surface area (Å²) in [6.07, 6.45) is 7.30. The number of nitrogens with one attached hydrogen (secondary N) is 1. The number of ether oxygens (including phenoxy) is 2. The number of hydrogen-bond acceptors (Lipinski definition) is 6. The molecule has 4 rings (SSSR count). The fourth-order valence-corrected chi connectivity index (χ4v) is 3.84. The maximum Gasteiger partial charge on any atom is 0.251 e. The zero-order chi connectivity index (χ0) is 22.3. The number of anilines is 1. The van der Waals surface area contributed by atoms with Crippen molar-refractivity contribution in [2.24, 2.45) is 0 Å². The molecule has 0 radical (unpaired) electrons. The highest BCUT2D eigenvalue weighted by molar-refractivity contribution is 5.95. The van der Waals surface area contributed by atoms with Crippen molar-refractivity contribution in [1.29, 1.82) is 0 Å². The summed E-state index contributed by atoms with van der Waals surface area (Å²) < 4.78 is 10.6. The van der Waals surface area contributed by atoms with Crippen LogP contribution >= 0.6 is 0 Å². The van der Waals surface area contributed by atoms with Crippen molar-refractivity contribution < 1.29 is 14.3 Å². The first-order valence-corrected chi connectivity index (χ1v) is 10.8. The Morgan fingerprint density at radius 3 is 2.47 bits per heavy atom. The summed E-state index contributed by atoms with van der Waals surface area (Å²) >= 11 is 0. The van der Waals surface area contributed by atoms with E-state index >= 15 is 0 Å². The largest absolute Gasteiger partial charge is 0.497 e. The minimum absolute atomic E-state index is 0.157. The van der Waals surface area contributed by atoms with Crippen LogP contribution in [0.2, 0.25) is 0 Å². The van der Waals surface area contributed by atoms with Crippen molar-refractivity contribution >= 4 is 11.9 Å². The van der Waals surface area contributed by atoms with E-state index in [0.29, 0.717) is 23.6 Å². The summed E-state index contributed by atoms with van der Waals surface area (Å²) in [5.74, 6) is 1.99. The van der Waals surface area contributed by atoms with Gasteiger partial charge in [-0.25, -0.2) is 9.97 Å². The Labute approximate surface area is 188 Å². The van der Waals surface area contributed by atoms with Crippen LogP contribution in [-0.4, -0.2) is 43.2 Å². The van der Waals surface area contributed by atoms with Crippen LogP contribution in [0.5, 0.6) is 11.5 Å². The molecule has 0 spiro atoms. The van der Waals surface area contributed by atoms with Gasteiger partial charge in [0.2, 0.25) is 5.95 Å². The number of methoxy groups -OCH3 is 2. The van der Waals surface area contributed by atoms with E-state index in [-0.39, 0.29) is 5.91 Å². The molecule has 1 saturated heterocycles. The molecule has 7 heteroatoms. The molecule has 1 fully saturated rings. The lowest BCUT2D eigenvalue weighted by atomic mass is 10.1. The lowest BCUT2D eigenvalue weighted by molar-refractivity contribution is 0.0950. The summed E-state index contributed by atoms with van der Waals surface area (Å²) in [5, 5.41) is 2.96. The molecule has 0 saturated carbocycles. The molecule has 166 valence electrons. The first-order valence-electron chi connectivity index (χ1n) is 10.8. The average Bonchev–Trinajstić information content (AvgIpc) is 2.87. The Hall–Kier alpha value is -3.61. The topological polar surface area (TPSA) is 76.6 Å². The fraction of sp³-hybridized carbons (Fsp3) is 0.320. The van der Waals surface area contributed by atoms with Gasteiger partial charge in [0.25, 0.3) is 5.91 Å². The first kappa shape index (κ1) is 21.6. The molecule has 3 aromatic rings. The molecule has 2 aromatic carbocycles. The van der Waals surface area contributed by atoms with E-state index in [4.69, 9.17) is 9.47 Å². The molecule has 7 nitrogen and oxygen atoms in total. The van der Waals surface area contributed by atoms with E-state index in [2.05, 4.69) is 20.2 Å². The fourth-order valence-electron chi connectivity index (χ4n) is 3.84. The molecule has 0 unspecified atom stereocenters. The monoisotopic (exact) mass is 432 g/mol. The summed E-state index contributed by atoms with van der Waals surface area (Å²) in [6.45, 7) is 2.37. The summed E-state index contributed by atoms with van der Waals surface area (Å²) in [5.41, 5.74) is 3.25. The van der Waals surface area contributed by atoms with Gasteiger partial charge in [-0.05, 0) is 49.1 Å². The van der Waals surface area contributed by atoms with Gasteiger partial charge in [-0.15, -0.1) is 0 Å². The van der Waals surface area contributed by atoms with E-state index in [1.54, 1.807) is 26.4 Å². The second kappa shape index (κ2) is 10.1. The van der Waals surface area contributed by atoms with Crippen LogP contribution in [-0.2, 0) is 6.54 Å². The third-order valence-corrected chi connectivity index (χ3v) is 5.67. The second-order valence-corrected chi connectivity index (χ2v) is 7.76. The van der Waals surface area contributed by atoms with Crippen LogP contribution in [0.3, 0.4) is 0 Å². The zero-order valence-electron chi connectivity index (χ0n) is 18.5. The summed E-state index contributed by atoms with van der Waals surface area (Å²) in [4.78, 5) is 24.1. The van der Waals surface area contributed by atoms with Gasteiger partial charge in [0.1, 0.15) is 11.5 Å². The Morgan fingerprint density at radius 1 is 0.969 bits per heavy atom. The maximum atomic E-state index is 12.8. The number of hydrogen-bond donors (Lipinski definition) is 1. The highest BCUT2D eigenvalue weighted by Crippen LogP contribution is 2.25. The number of benzene rings is 2. The number of carbonyl (C=O) groups is 1. The van der Waals surface area contributed by atoms with E-state index in [9.17, 15) is 4.79 Å². The molecular formula is C25H28N4O3. The standard InChI is InChI=1S/C25H28N4O3/c1-31-22-10-9-20(23(14-22)32-2)15-26-24(30)19-8-6-7-18(13-19)21-16-27-25(28-17-21)29-11-4-3-5-12-29/h6-10,13-14,16-17H,3-5,11-12,15H2,1-2H3,(H,26,30). The van der Waals surface area contributed by atoms with Crippen LogP contribution in [0.25, 0.3) is 11.1 Å². The number of nitrogens with zero attached hydrogens (tertiary/aromatic N) is 3. The molecular weight excluding hydrogens is 404 g/mol. The molecule has 1 N–H and O–H groups in total. The third kappa shape index (κ3) is 4.99. The van der Waals surface area contributed by atoms with E-state index in [0.717, 1.165) is 35.7 Å². The van der Waals surface area contributed by atoms with Crippen molar-refractivity contribution in [2.45, 2.75) is 25.8 Å². The van der Waals surface area contributed by atoms with Crippen molar-refractivity contribution in [2.75, 3.05) is 32.2 Å². The lowest BCUT2D eigenvalue weighted by Crippen LogP contribution is -2.30. The number of carbonyl (C=O) groups excluding carboxylic acids is 1. The highest BCUT2D eigenvalue weighted by atomic mass is 16.5. The molecule has 1 amide bonds. The Balaban J connectivity index is 1.44. The van der Waals surface area contributed by atoms with Crippen LogP contribution in [0.4, 0.5) is 5.95 Å². The van der Waals surface area contributed by atoms with Gasteiger partial charge in [-0.2, -0.15) is 0 Å². The van der Waals surface area contributed by atoms with Gasteiger partial charge < -0.3 is 19.7 Å². The van der Waals surface area contributed by atoms with Gasteiger partial charge in [-0.3, -0.25) is 4.79 Å². The molecule has 0 aliphatic carbocycles. The van der Waals surface area contributed by atoms with Gasteiger partial charge in [0.15, 0.2) is 0 Å². The predicted octanol–water partition coefficient (Wildman–Crippen LogP) is 4.08. The lowest BCUT2D eigenvalue weighted by Gasteiger charge is -2.26. The minimum Gasteiger partial charge on any atom is -0.497 e. The highest BCUT2D eigenvalue weighted by Gasteiger charge is 2.14. The van der Waals surface area contributed by atoms with E-state index < -0.39 is 0 Å². The molecule has 2 heterocycles. The van der Waals surface area contributed by atoms with Crippen LogP contribution in [0, 0.1) is 0 Å². The SMILES string of the molecule is COc1ccc(CNC(=O)c2cccc(-c3cnc(N4CCCCC4)nc3)c2)c(OC)c1. The first-order chi connectivity index (χ1) is 15.7. The van der Waals surface area contributed by atoms with E-state index in [1.165, 1.54) is 19.3 Å². The zero-order valence-corrected chi connectivity index (χ0v) is 18.5. The van der Waals surface area contributed by atoms with Gasteiger partial charge >= 0.3 is 0 Å². The quantitative estimate of drug-likeness (QED) is 0.606. The van der Waals surface area contributed by atoms with Crippen LogP contribution < -0.4 is 19.7 Å². The molecule has 32 heavy (non-hydrogen) atoms. The van der Waals surface area contributed by atoms with Crippen molar-refractivity contribution in [1.82, 2.24) is 15.3 Å². The Morgan fingerprint density at radius 2 is 1.75 bits per heavy atom. The molecule has 1 aliphatic heterocycles. The van der Waals surface area contributed by atoms with Gasteiger partial charge in [0, 0.05) is 54.8 Å². The maximum absolute atomic E-state index is 12.8. The summed E-state index contributed by atoms with van der Waals surface area (Å²) in [7, 11) is 3.21. The van der Waals surface area contributed by atoms with Crippen molar-refractivity contribution in [3.8, 4) is 22.6 Å². The molecule has 1 aliphatic rings. The number of amides is 1. The normalized spacial score (nSPS) is 13.5. The smallest absolute Gasteiger partial charge is 0.251 e. The number of rotatable bonds is 7. The van der Waals surface area contributed by atoms with Crippen LogP contribution in [0.1, 0.15) is 35.2 Å². The molecule has 1 aromatic heterocycles. The number of aromatic nitrogens is 2. The average molecular weight is 433 g/mol. The minimum atomic E-state index is -0.157. The Bertz CT molecular complexity index is 1060. The Kier molecular flexibility index (Phi) is 6.84. The van der Waals surface area contributed by atoms with E-state index in [1.807, 2.05) is 42.7 Å².